The first-order valence-electron chi connectivity index (χ1n) is 0. The van der Waals surface area contributed by atoms with E-state index in [0.29, 0.717) is 0 Å². The maximum Gasteiger partial charge on any atom is 1.00 e. The van der Waals surface area contributed by atoms with Crippen LogP contribution in [0.2, 0.25) is 0 Å². The Morgan fingerprint density at radius 3 is 0.143 bits per heavy atom. The Kier molecular flexibility index (Phi) is 994000000. The monoisotopic (exact) mass is 440 g/mol. The number of hydrogen-bond donors (Lipinski definition) is 0. The van der Waals surface area contributed by atoms with Crippen LogP contribution in [-0.2, 0) is 0 Å². The van der Waals surface area contributed by atoms with Gasteiger partial charge in [-0.1, -0.05) is 0 Å². The zero-order valence-electron chi connectivity index (χ0n) is 10.2. The summed E-state index contributed by atoms with van der Waals surface area (Å²) < 4.78 is 0. The Labute approximate surface area is 146 Å². The summed E-state index contributed by atoms with van der Waals surface area (Å²) in [6.45, 7) is 0. The van der Waals surface area contributed by atoms with E-state index < -0.39 is 0 Å². The Bertz CT molecular complexity index is 11.7. The molecule has 0 aliphatic carbocycles. The summed E-state index contributed by atoms with van der Waals surface area (Å²) >= 11 is 0. The van der Waals surface area contributed by atoms with Gasteiger partial charge in [0, 0.05) is 0 Å². The fourth-order valence-electron chi connectivity index (χ4n) is 0. The van der Waals surface area contributed by atoms with Crippen molar-refractivity contribution in [3.05, 3.63) is 0 Å². The summed E-state index contributed by atoms with van der Waals surface area (Å²) in [5.41, 5.74) is 0. The third-order valence-corrected chi connectivity index (χ3v) is 0. The molecule has 21 heteroatoms. The van der Waals surface area contributed by atoms with E-state index in [0.717, 1.165) is 0 Å². The first kappa shape index (κ1) is 156000. The fraction of sp³-hybridized carbons (Fsp3) is 0. The van der Waals surface area contributed by atoms with Crippen LogP contribution in [-0.4, -0.2) is 0 Å². The predicted molar refractivity (Wildman–Crippen MR) is 51.2 cm³/mol. The van der Waals surface area contributed by atoms with Gasteiger partial charge in [-0.25, -0.2) is 0 Å². The summed E-state index contributed by atoms with van der Waals surface area (Å²) in [5.74, 6) is 0. The minimum atomic E-state index is 0. The average molecular weight is 440 g/mol. The van der Waals surface area contributed by atoms with Gasteiger partial charge in [-0.15, -0.1) is 0 Å². The maximum atomic E-state index is 0. The van der Waals surface area contributed by atoms with Crippen LogP contribution in [0.25, 0.3) is 0 Å². The number of halogens is 20. The molecule has 0 bridgehead atoms. The third-order valence-electron chi connectivity index (χ3n) is 0. The second kappa shape index (κ2) is 134000. The normalized spacial score (nSPS) is 0. The Hall–Kier alpha value is 0.236. The van der Waals surface area contributed by atoms with Crippen LogP contribution in [0, 0.1) is 0 Å². The van der Waals surface area contributed by atoms with Crippen molar-refractivity contribution in [1.82, 2.24) is 0 Å². The van der Waals surface area contributed by atoms with E-state index in [2.05, 4.69) is 0 Å². The molecule has 0 fully saturated rings. The van der Waals surface area contributed by atoms with Crippen LogP contribution in [0.3, 0.4) is 0 Å². The van der Waals surface area contributed by atoms with Crippen LogP contribution in [0.1, 0.15) is 1.43 Å². The van der Waals surface area contributed by atoms with Crippen LogP contribution >= 0.6 is 0 Å². The minimum Gasteiger partial charge on any atom is -1.00 e. The molecule has 0 unspecified atom stereocenters. The molecule has 162 valence electrons. The smallest absolute Gasteiger partial charge is 1.00 e. The largest absolute Gasteiger partial charge is 1.00 e. The molecule has 0 amide bonds. The Balaban J connectivity index is 0. The molecule has 0 aliphatic heterocycles. The van der Waals surface area contributed by atoms with Crippen molar-refractivity contribution < 1.29 is 147 Å². The molecule has 0 nitrogen and oxygen atoms in total. The van der Waals surface area contributed by atoms with Gasteiger partial charge in [-0.05, 0) is 0 Å². The Morgan fingerprint density at radius 1 is 0.143 bits per heavy atom. The maximum absolute atomic E-state index is 0. The summed E-state index contributed by atoms with van der Waals surface area (Å²) in [6.07, 6.45) is 0. The minimum absolute atomic E-state index is 0. The van der Waals surface area contributed by atoms with Crippen LogP contribution in [0.15, 0.2) is 0 Å². The summed E-state index contributed by atoms with van der Waals surface area (Å²) in [4.78, 5) is 0. The molecule has 0 spiro atoms. The van der Waals surface area contributed by atoms with Crippen molar-refractivity contribution in [3.8, 4) is 0 Å². The van der Waals surface area contributed by atoms with Gasteiger partial charge in [0.1, 0.15) is 0 Å². The molecule has 0 aromatic heterocycles. The molecule has 0 radical (unpaired) electrons. The molecule has 0 saturated heterocycles. The van der Waals surface area contributed by atoms with E-state index in [1.165, 1.54) is 0 Å². The van der Waals surface area contributed by atoms with Gasteiger partial charge in [0.2, 0.25) is 0 Å². The predicted octanol–water partition coefficient (Wildman–Crippen LogP) is 0.167. The second-order valence-corrected chi connectivity index (χ2v) is 0. The molecule has 0 aromatic carbocycles. The first-order chi connectivity index (χ1) is 0. The third kappa shape index (κ3) is 120000. The van der Waals surface area contributed by atoms with E-state index in [1.54, 1.807) is 0 Å². The van der Waals surface area contributed by atoms with Gasteiger partial charge >= 0.3 is 51.4 Å². The number of rotatable bonds is 0. The van der Waals surface area contributed by atoms with Gasteiger partial charge in [0.25, 0.3) is 0 Å². The number of hydrogen-bond acceptors (Lipinski definition) is 0. The zero-order chi connectivity index (χ0) is 0. The molecule has 0 heterocycles. The van der Waals surface area contributed by atoms with Crippen LogP contribution < -0.4 is 51.4 Å². The summed E-state index contributed by atoms with van der Waals surface area (Å²) in [5, 5.41) is 0. The van der Waals surface area contributed by atoms with Gasteiger partial charge in [0.05, 0.1) is 0 Å². The summed E-state index contributed by atoms with van der Waals surface area (Å²) in [6, 6.07) is 0. The van der Waals surface area contributed by atoms with Gasteiger partial charge < -0.3 is 1.43 Å². The molecular formula is H21F20K. The molecule has 0 N–H and O–H groups in total. The second-order valence-electron chi connectivity index (χ2n) is 0. The summed E-state index contributed by atoms with van der Waals surface area (Å²) in [7, 11) is 0. The molecular weight excluding hydrogens is 419 g/mol. The molecule has 0 saturated carbocycles. The van der Waals surface area contributed by atoms with E-state index in [-0.39, 0.29) is 147 Å². The molecule has 21 heavy (non-hydrogen) atoms. The molecule has 0 rings (SSSR count). The first-order valence-corrected chi connectivity index (χ1v) is 0. The zero-order valence-corrected chi connectivity index (χ0v) is 12.3. The van der Waals surface area contributed by atoms with E-state index in [1.807, 2.05) is 0 Å². The van der Waals surface area contributed by atoms with E-state index in [9.17, 15) is 0 Å². The van der Waals surface area contributed by atoms with Crippen molar-refractivity contribution in [2.24, 2.45) is 0 Å². The van der Waals surface area contributed by atoms with Gasteiger partial charge in [-0.2, -0.15) is 0 Å². The Morgan fingerprint density at radius 2 is 0.143 bits per heavy atom. The van der Waals surface area contributed by atoms with E-state index in [4.69, 9.17) is 0 Å². The van der Waals surface area contributed by atoms with E-state index >= 15 is 0 Å². The van der Waals surface area contributed by atoms with Gasteiger partial charge in [-0.3, -0.25) is 94.1 Å². The topological polar surface area (TPSA) is 0 Å². The molecule has 0 aromatic rings. The van der Waals surface area contributed by atoms with Crippen LogP contribution in [0.4, 0.5) is 94.1 Å². The average Bonchev–Trinajstić information content (AvgIpc) is 0. The molecule has 0 aliphatic rings. The van der Waals surface area contributed by atoms with Crippen LogP contribution in [0.5, 0.6) is 0 Å². The van der Waals surface area contributed by atoms with Crippen molar-refractivity contribution >= 4 is 0 Å². The van der Waals surface area contributed by atoms with Crippen molar-refractivity contribution in [3.63, 3.8) is 0 Å². The fourth-order valence-corrected chi connectivity index (χ4v) is 0. The van der Waals surface area contributed by atoms with Gasteiger partial charge in [0.15, 0.2) is 0 Å². The van der Waals surface area contributed by atoms with Crippen molar-refractivity contribution in [2.45, 2.75) is 0 Å². The van der Waals surface area contributed by atoms with Crippen molar-refractivity contribution in [2.75, 3.05) is 0 Å². The quantitative estimate of drug-likeness (QED) is 0.372. The molecule has 0 atom stereocenters. The standard InChI is InChI=1S/20FH.K.H/h20*1H;;/q;;;;;;;;;;;;;;;;;;;;+1;-1. The van der Waals surface area contributed by atoms with Crippen molar-refractivity contribution in [1.29, 1.82) is 0 Å². The SMILES string of the molecule is F.F.F.F.F.F.F.F.F.F.F.F.F.F.F.F.F.F.F.F.[H-].[K+].